The van der Waals surface area contributed by atoms with Crippen LogP contribution in [0, 0.1) is 11.8 Å². The molecule has 8 nitrogen and oxygen atoms in total. The van der Waals surface area contributed by atoms with E-state index in [1.165, 1.54) is 6.42 Å². The van der Waals surface area contributed by atoms with Crippen LogP contribution < -0.4 is 14.8 Å². The van der Waals surface area contributed by atoms with E-state index in [1.807, 2.05) is 0 Å². The number of methoxy groups -OCH3 is 2. The topological polar surface area (TPSA) is 92.9 Å². The average Bonchev–Trinajstić information content (AvgIpc) is 3.08. The number of esters is 1. The van der Waals surface area contributed by atoms with Gasteiger partial charge in [0.25, 0.3) is 0 Å². The Hall–Kier alpha value is -2.74. The van der Waals surface area contributed by atoms with E-state index in [-0.39, 0.29) is 18.2 Å². The molecule has 1 aliphatic heterocycles. The number of nitrogens with one attached hydrogen (secondary N) is 2. The van der Waals surface area contributed by atoms with Crippen molar-refractivity contribution >= 4 is 28.5 Å². The second-order valence-electron chi connectivity index (χ2n) is 8.35. The van der Waals surface area contributed by atoms with E-state index < -0.39 is 5.97 Å². The van der Waals surface area contributed by atoms with Crippen LogP contribution in [-0.4, -0.2) is 62.2 Å². The van der Waals surface area contributed by atoms with Gasteiger partial charge in [0.15, 0.2) is 11.5 Å². The Morgan fingerprint density at radius 1 is 1.13 bits per heavy atom. The number of fused-ring (bicyclic) bond motifs is 1. The lowest BCUT2D eigenvalue weighted by molar-refractivity contribution is -0.116. The SMILES string of the molecule is CCOC(=O)c1[nH]c2cc(OC)c(OC)cc2c1NC(=O)CCN1C[C@H](C)C[C@@H](C)C1. The van der Waals surface area contributed by atoms with Crippen molar-refractivity contribution in [2.45, 2.75) is 33.6 Å². The van der Waals surface area contributed by atoms with Crippen LogP contribution in [0.2, 0.25) is 0 Å². The Morgan fingerprint density at radius 3 is 2.39 bits per heavy atom. The van der Waals surface area contributed by atoms with Gasteiger partial charge in [0.1, 0.15) is 5.69 Å². The van der Waals surface area contributed by atoms with Gasteiger partial charge in [0.2, 0.25) is 5.91 Å². The molecule has 1 aromatic carbocycles. The molecule has 2 atom stereocenters. The fraction of sp³-hybridized carbons (Fsp3) is 0.565. The van der Waals surface area contributed by atoms with Crippen molar-refractivity contribution in [1.29, 1.82) is 0 Å². The summed E-state index contributed by atoms with van der Waals surface area (Å²) in [6.07, 6.45) is 1.58. The molecular formula is C23H33N3O5. The molecule has 1 fully saturated rings. The smallest absolute Gasteiger partial charge is 0.356 e. The van der Waals surface area contributed by atoms with E-state index in [0.717, 1.165) is 13.1 Å². The van der Waals surface area contributed by atoms with E-state index >= 15 is 0 Å². The molecule has 0 unspecified atom stereocenters. The van der Waals surface area contributed by atoms with E-state index in [0.29, 0.717) is 52.9 Å². The molecule has 1 aromatic heterocycles. The van der Waals surface area contributed by atoms with Crippen molar-refractivity contribution < 1.29 is 23.8 Å². The molecule has 2 N–H and O–H groups in total. The lowest BCUT2D eigenvalue weighted by Crippen LogP contribution is -2.40. The molecule has 0 radical (unpaired) electrons. The van der Waals surface area contributed by atoms with Gasteiger partial charge in [-0.2, -0.15) is 0 Å². The maximum absolute atomic E-state index is 12.8. The van der Waals surface area contributed by atoms with Gasteiger partial charge < -0.3 is 29.4 Å². The number of H-pyrrole nitrogens is 1. The summed E-state index contributed by atoms with van der Waals surface area (Å²) in [5.74, 6) is 1.64. The molecule has 1 amide bonds. The van der Waals surface area contributed by atoms with Crippen LogP contribution in [0.15, 0.2) is 12.1 Å². The Morgan fingerprint density at radius 2 is 1.77 bits per heavy atom. The first-order valence-electron chi connectivity index (χ1n) is 10.8. The van der Waals surface area contributed by atoms with E-state index in [2.05, 4.69) is 29.0 Å². The summed E-state index contributed by atoms with van der Waals surface area (Å²) >= 11 is 0. The third-order valence-electron chi connectivity index (χ3n) is 5.65. The monoisotopic (exact) mass is 431 g/mol. The molecule has 3 rings (SSSR count). The van der Waals surface area contributed by atoms with Crippen LogP contribution in [0.3, 0.4) is 0 Å². The first kappa shape index (κ1) is 22.9. The van der Waals surface area contributed by atoms with Crippen molar-refractivity contribution in [3.63, 3.8) is 0 Å². The van der Waals surface area contributed by atoms with Gasteiger partial charge >= 0.3 is 5.97 Å². The van der Waals surface area contributed by atoms with Gasteiger partial charge in [0.05, 0.1) is 32.0 Å². The maximum atomic E-state index is 12.8. The van der Waals surface area contributed by atoms with Crippen LogP contribution in [0.5, 0.6) is 11.5 Å². The number of carbonyl (C=O) groups is 2. The van der Waals surface area contributed by atoms with Crippen molar-refractivity contribution in [1.82, 2.24) is 9.88 Å². The number of nitrogens with zero attached hydrogens (tertiary/aromatic N) is 1. The second kappa shape index (κ2) is 10.0. The quantitative estimate of drug-likeness (QED) is 0.620. The van der Waals surface area contributed by atoms with Crippen LogP contribution in [0.25, 0.3) is 10.9 Å². The van der Waals surface area contributed by atoms with Crippen LogP contribution in [0.4, 0.5) is 5.69 Å². The molecule has 31 heavy (non-hydrogen) atoms. The zero-order chi connectivity index (χ0) is 22.5. The number of hydrogen-bond acceptors (Lipinski definition) is 6. The number of carbonyl (C=O) groups excluding carboxylic acids is 2. The molecule has 0 spiro atoms. The highest BCUT2D eigenvalue weighted by atomic mass is 16.5. The molecule has 0 saturated carbocycles. The normalized spacial score (nSPS) is 19.3. The van der Waals surface area contributed by atoms with Gasteiger partial charge in [-0.3, -0.25) is 4.79 Å². The Kier molecular flexibility index (Phi) is 7.43. The molecule has 1 aliphatic rings. The Balaban J connectivity index is 1.83. The highest BCUT2D eigenvalue weighted by Crippen LogP contribution is 2.37. The van der Waals surface area contributed by atoms with Crippen molar-refractivity contribution in [3.8, 4) is 11.5 Å². The lowest BCUT2D eigenvalue weighted by Gasteiger charge is -2.34. The summed E-state index contributed by atoms with van der Waals surface area (Å²) < 4.78 is 15.9. The van der Waals surface area contributed by atoms with E-state index in [1.54, 1.807) is 33.3 Å². The molecule has 2 aromatic rings. The number of ether oxygens (including phenoxy) is 3. The summed E-state index contributed by atoms with van der Waals surface area (Å²) in [7, 11) is 3.09. The number of aromatic nitrogens is 1. The minimum Gasteiger partial charge on any atom is -0.493 e. The molecule has 2 heterocycles. The first-order chi connectivity index (χ1) is 14.9. The minimum atomic E-state index is -0.523. The number of benzene rings is 1. The maximum Gasteiger partial charge on any atom is 0.356 e. The lowest BCUT2D eigenvalue weighted by atomic mass is 9.92. The van der Waals surface area contributed by atoms with Crippen LogP contribution in [-0.2, 0) is 9.53 Å². The van der Waals surface area contributed by atoms with Gasteiger partial charge in [-0.05, 0) is 31.2 Å². The summed E-state index contributed by atoms with van der Waals surface area (Å²) in [6, 6.07) is 3.49. The summed E-state index contributed by atoms with van der Waals surface area (Å²) in [4.78, 5) is 30.7. The van der Waals surface area contributed by atoms with Crippen LogP contribution >= 0.6 is 0 Å². The van der Waals surface area contributed by atoms with E-state index in [9.17, 15) is 9.59 Å². The molecule has 170 valence electrons. The van der Waals surface area contributed by atoms with Crippen molar-refractivity contribution in [3.05, 3.63) is 17.8 Å². The number of likely N-dealkylation sites (tertiary alicyclic amines) is 1. The first-order valence-corrected chi connectivity index (χ1v) is 10.8. The zero-order valence-corrected chi connectivity index (χ0v) is 19.0. The fourth-order valence-corrected chi connectivity index (χ4v) is 4.44. The molecule has 1 saturated heterocycles. The predicted octanol–water partition coefficient (Wildman–Crippen LogP) is 3.67. The number of piperidine rings is 1. The second-order valence-corrected chi connectivity index (χ2v) is 8.35. The van der Waals surface area contributed by atoms with E-state index in [4.69, 9.17) is 14.2 Å². The van der Waals surface area contributed by atoms with Crippen molar-refractivity contribution in [2.24, 2.45) is 11.8 Å². The third-order valence-corrected chi connectivity index (χ3v) is 5.65. The van der Waals surface area contributed by atoms with Gasteiger partial charge in [-0.15, -0.1) is 0 Å². The largest absolute Gasteiger partial charge is 0.493 e. The molecule has 0 bridgehead atoms. The zero-order valence-electron chi connectivity index (χ0n) is 19.0. The number of aromatic amines is 1. The number of anilines is 1. The summed E-state index contributed by atoms with van der Waals surface area (Å²) in [6.45, 7) is 9.19. The molecular weight excluding hydrogens is 398 g/mol. The fourth-order valence-electron chi connectivity index (χ4n) is 4.44. The average molecular weight is 432 g/mol. The van der Waals surface area contributed by atoms with Crippen LogP contribution in [0.1, 0.15) is 44.1 Å². The summed E-state index contributed by atoms with van der Waals surface area (Å²) in [5.41, 5.74) is 1.26. The van der Waals surface area contributed by atoms with Gasteiger partial charge in [0, 0.05) is 37.5 Å². The van der Waals surface area contributed by atoms with Gasteiger partial charge in [-0.25, -0.2) is 4.79 Å². The Labute approximate surface area is 183 Å². The molecule has 0 aliphatic carbocycles. The highest BCUT2D eigenvalue weighted by molar-refractivity contribution is 6.11. The number of amides is 1. The minimum absolute atomic E-state index is 0.146. The van der Waals surface area contributed by atoms with Crippen molar-refractivity contribution in [2.75, 3.05) is 45.8 Å². The molecule has 8 heteroatoms. The standard InChI is InChI=1S/C23H33N3O5/c1-6-31-23(28)22-21(16-10-18(29-4)19(30-5)11-17(16)24-22)25-20(27)7-8-26-12-14(2)9-15(3)13-26/h10-11,14-15,24H,6-9,12-13H2,1-5H3,(H,25,27)/t14-,15-/m1/s1. The highest BCUT2D eigenvalue weighted by Gasteiger charge is 2.24. The van der Waals surface area contributed by atoms with Gasteiger partial charge in [-0.1, -0.05) is 13.8 Å². The summed E-state index contributed by atoms with van der Waals surface area (Å²) in [5, 5.41) is 3.59. The predicted molar refractivity (Wildman–Crippen MR) is 120 cm³/mol. The number of hydrogen-bond donors (Lipinski definition) is 2. The Bertz CT molecular complexity index is 929. The third kappa shape index (κ3) is 5.31. The number of rotatable bonds is 8.